The number of ether oxygens (including phenoxy) is 2. The number of hydrogen-bond acceptors (Lipinski definition) is 5. The maximum absolute atomic E-state index is 12.1. The lowest BCUT2D eigenvalue weighted by Gasteiger charge is -2.11. The maximum Gasteiger partial charge on any atom is 0.262 e. The Morgan fingerprint density at radius 1 is 1.03 bits per heavy atom. The van der Waals surface area contributed by atoms with E-state index in [9.17, 15) is 9.59 Å². The standard InChI is InChI=1S/C23H20N2O4/c1-28-22-14-17(9-11-20(26)18-6-5-13-24-15-18)10-12-21(22)29-16-23(27)25-19-7-3-2-4-8-19/h2-15H,16H2,1H3,(H,25,27)/b11-9+. The first kappa shape index (κ1) is 19.8. The zero-order valence-electron chi connectivity index (χ0n) is 15.9. The van der Waals surface area contributed by atoms with Crippen molar-refractivity contribution in [2.75, 3.05) is 19.0 Å². The Hall–Kier alpha value is -3.93. The number of amides is 1. The Labute approximate surface area is 168 Å². The number of ketones is 1. The van der Waals surface area contributed by atoms with Crippen molar-refractivity contribution < 1.29 is 19.1 Å². The third kappa shape index (κ3) is 5.77. The van der Waals surface area contributed by atoms with Gasteiger partial charge in [-0.2, -0.15) is 0 Å². The van der Waals surface area contributed by atoms with Gasteiger partial charge < -0.3 is 14.8 Å². The molecule has 1 aromatic heterocycles. The summed E-state index contributed by atoms with van der Waals surface area (Å²) in [5.74, 6) is 0.485. The molecular weight excluding hydrogens is 368 g/mol. The van der Waals surface area contributed by atoms with Crippen molar-refractivity contribution in [3.05, 3.63) is 90.3 Å². The van der Waals surface area contributed by atoms with Crippen LogP contribution in [-0.4, -0.2) is 30.4 Å². The van der Waals surface area contributed by atoms with E-state index in [-0.39, 0.29) is 18.3 Å². The van der Waals surface area contributed by atoms with Crippen LogP contribution in [0.1, 0.15) is 15.9 Å². The number of nitrogens with one attached hydrogen (secondary N) is 1. The molecule has 1 heterocycles. The van der Waals surface area contributed by atoms with Gasteiger partial charge in [-0.25, -0.2) is 0 Å². The largest absolute Gasteiger partial charge is 0.493 e. The van der Waals surface area contributed by atoms with E-state index in [2.05, 4.69) is 10.3 Å². The first-order valence-corrected chi connectivity index (χ1v) is 8.94. The predicted octanol–water partition coefficient (Wildman–Crippen LogP) is 4.00. The van der Waals surface area contributed by atoms with Crippen LogP contribution in [0.15, 0.2) is 79.1 Å². The van der Waals surface area contributed by atoms with Crippen LogP contribution < -0.4 is 14.8 Å². The molecule has 0 fully saturated rings. The van der Waals surface area contributed by atoms with E-state index in [1.54, 1.807) is 54.7 Å². The smallest absolute Gasteiger partial charge is 0.262 e. The van der Waals surface area contributed by atoms with Crippen molar-refractivity contribution >= 4 is 23.5 Å². The molecule has 0 spiro atoms. The highest BCUT2D eigenvalue weighted by atomic mass is 16.5. The van der Waals surface area contributed by atoms with Crippen LogP contribution in [-0.2, 0) is 4.79 Å². The van der Waals surface area contributed by atoms with E-state index in [4.69, 9.17) is 9.47 Å². The Morgan fingerprint density at radius 3 is 2.59 bits per heavy atom. The molecule has 0 radical (unpaired) electrons. The molecule has 0 saturated carbocycles. The zero-order valence-corrected chi connectivity index (χ0v) is 15.9. The molecule has 0 atom stereocenters. The lowest BCUT2D eigenvalue weighted by atomic mass is 10.1. The third-order valence-electron chi connectivity index (χ3n) is 3.98. The van der Waals surface area contributed by atoms with Crippen LogP contribution in [0.2, 0.25) is 0 Å². The van der Waals surface area contributed by atoms with Gasteiger partial charge in [-0.15, -0.1) is 0 Å². The van der Waals surface area contributed by atoms with Gasteiger partial charge in [0.1, 0.15) is 0 Å². The van der Waals surface area contributed by atoms with Gasteiger partial charge in [0.05, 0.1) is 7.11 Å². The van der Waals surface area contributed by atoms with Crippen LogP contribution in [0.3, 0.4) is 0 Å². The number of hydrogen-bond donors (Lipinski definition) is 1. The van der Waals surface area contributed by atoms with E-state index < -0.39 is 0 Å². The number of rotatable bonds is 8. The van der Waals surface area contributed by atoms with E-state index >= 15 is 0 Å². The molecule has 0 saturated heterocycles. The highest BCUT2D eigenvalue weighted by molar-refractivity contribution is 6.06. The predicted molar refractivity (Wildman–Crippen MR) is 111 cm³/mol. The van der Waals surface area contributed by atoms with Gasteiger partial charge >= 0.3 is 0 Å². The van der Waals surface area contributed by atoms with E-state index in [1.165, 1.54) is 19.4 Å². The Morgan fingerprint density at radius 2 is 1.86 bits per heavy atom. The van der Waals surface area contributed by atoms with Crippen LogP contribution >= 0.6 is 0 Å². The molecule has 3 aromatic rings. The summed E-state index contributed by atoms with van der Waals surface area (Å²) in [7, 11) is 1.51. The van der Waals surface area contributed by atoms with Crippen LogP contribution in [0.5, 0.6) is 11.5 Å². The quantitative estimate of drug-likeness (QED) is 0.466. The molecule has 0 bridgehead atoms. The SMILES string of the molecule is COc1cc(/C=C/C(=O)c2cccnc2)ccc1OCC(=O)Nc1ccccc1. The second kappa shape index (κ2) is 9.85. The van der Waals surface area contributed by atoms with Crippen molar-refractivity contribution in [3.8, 4) is 11.5 Å². The van der Waals surface area contributed by atoms with Crippen molar-refractivity contribution in [1.82, 2.24) is 4.98 Å². The summed E-state index contributed by atoms with van der Waals surface area (Å²) < 4.78 is 10.9. The molecule has 0 aliphatic carbocycles. The molecule has 6 heteroatoms. The maximum atomic E-state index is 12.1. The number of carbonyl (C=O) groups is 2. The van der Waals surface area contributed by atoms with Gasteiger partial charge in [0.15, 0.2) is 23.9 Å². The number of aromatic nitrogens is 1. The van der Waals surface area contributed by atoms with Crippen molar-refractivity contribution in [1.29, 1.82) is 0 Å². The fourth-order valence-electron chi connectivity index (χ4n) is 2.55. The van der Waals surface area contributed by atoms with Gasteiger partial charge in [0.25, 0.3) is 5.91 Å². The number of anilines is 1. The summed E-state index contributed by atoms with van der Waals surface area (Å²) >= 11 is 0. The van der Waals surface area contributed by atoms with E-state index in [0.29, 0.717) is 22.7 Å². The molecule has 0 aliphatic rings. The van der Waals surface area contributed by atoms with Gasteiger partial charge in [0, 0.05) is 23.6 Å². The monoisotopic (exact) mass is 388 g/mol. The molecule has 1 N–H and O–H groups in total. The fraction of sp³-hybridized carbons (Fsp3) is 0.0870. The van der Waals surface area contributed by atoms with Crippen molar-refractivity contribution in [2.45, 2.75) is 0 Å². The van der Waals surface area contributed by atoms with Gasteiger partial charge in [0.2, 0.25) is 0 Å². The summed E-state index contributed by atoms with van der Waals surface area (Å²) in [5.41, 5.74) is 1.98. The average molecular weight is 388 g/mol. The van der Waals surface area contributed by atoms with Crippen LogP contribution in [0.4, 0.5) is 5.69 Å². The number of para-hydroxylation sites is 1. The molecule has 2 aromatic carbocycles. The molecule has 0 aliphatic heterocycles. The van der Waals surface area contributed by atoms with Crippen molar-refractivity contribution in [2.24, 2.45) is 0 Å². The third-order valence-corrected chi connectivity index (χ3v) is 3.98. The minimum Gasteiger partial charge on any atom is -0.493 e. The molecule has 29 heavy (non-hydrogen) atoms. The summed E-state index contributed by atoms with van der Waals surface area (Å²) in [5, 5.41) is 2.75. The number of nitrogens with zero attached hydrogens (tertiary/aromatic N) is 1. The topological polar surface area (TPSA) is 77.5 Å². The Balaban J connectivity index is 1.62. The van der Waals surface area contributed by atoms with Crippen LogP contribution in [0, 0.1) is 0 Å². The first-order valence-electron chi connectivity index (χ1n) is 8.94. The zero-order chi connectivity index (χ0) is 20.5. The van der Waals surface area contributed by atoms with Gasteiger partial charge in [-0.3, -0.25) is 14.6 Å². The van der Waals surface area contributed by atoms with E-state index in [0.717, 1.165) is 5.56 Å². The summed E-state index contributed by atoms with van der Waals surface area (Å²) in [6, 6.07) is 17.8. The highest BCUT2D eigenvalue weighted by Gasteiger charge is 2.09. The van der Waals surface area contributed by atoms with Gasteiger partial charge in [-0.1, -0.05) is 30.3 Å². The second-order valence-electron chi connectivity index (χ2n) is 6.05. The summed E-state index contributed by atoms with van der Waals surface area (Å²) in [4.78, 5) is 28.1. The second-order valence-corrected chi connectivity index (χ2v) is 6.05. The van der Waals surface area contributed by atoms with Crippen molar-refractivity contribution in [3.63, 3.8) is 0 Å². The van der Waals surface area contributed by atoms with Gasteiger partial charge in [-0.05, 0) is 48.0 Å². The number of benzene rings is 2. The lowest BCUT2D eigenvalue weighted by Crippen LogP contribution is -2.20. The molecule has 6 nitrogen and oxygen atoms in total. The Bertz CT molecular complexity index is 1000. The van der Waals surface area contributed by atoms with E-state index in [1.807, 2.05) is 18.2 Å². The minimum atomic E-state index is -0.274. The van der Waals surface area contributed by atoms with Crippen LogP contribution in [0.25, 0.3) is 6.08 Å². The summed E-state index contributed by atoms with van der Waals surface area (Å²) in [6.45, 7) is -0.153. The normalized spacial score (nSPS) is 10.5. The first-order chi connectivity index (χ1) is 14.2. The molecular formula is C23H20N2O4. The number of carbonyl (C=O) groups excluding carboxylic acids is 2. The minimum absolute atomic E-state index is 0.144. The number of pyridine rings is 1. The molecule has 3 rings (SSSR count). The fourth-order valence-corrected chi connectivity index (χ4v) is 2.55. The number of allylic oxidation sites excluding steroid dienone is 1. The lowest BCUT2D eigenvalue weighted by molar-refractivity contribution is -0.118. The number of methoxy groups -OCH3 is 1. The highest BCUT2D eigenvalue weighted by Crippen LogP contribution is 2.28. The Kier molecular flexibility index (Phi) is 6.73. The molecule has 146 valence electrons. The molecule has 1 amide bonds. The molecule has 0 unspecified atom stereocenters. The average Bonchev–Trinajstić information content (AvgIpc) is 2.77. The summed E-state index contributed by atoms with van der Waals surface area (Å²) in [6.07, 6.45) is 6.29.